The van der Waals surface area contributed by atoms with E-state index in [9.17, 15) is 9.59 Å². The molecule has 1 amide bonds. The maximum atomic E-state index is 12.1. The normalized spacial score (nSPS) is 15.5. The summed E-state index contributed by atoms with van der Waals surface area (Å²) in [4.78, 5) is 27.2. The third-order valence-corrected chi connectivity index (χ3v) is 4.55. The van der Waals surface area contributed by atoms with Crippen molar-refractivity contribution >= 4 is 29.3 Å². The minimum atomic E-state index is -0.964. The van der Waals surface area contributed by atoms with Gasteiger partial charge < -0.3 is 10.4 Å². The molecule has 0 saturated heterocycles. The van der Waals surface area contributed by atoms with Crippen LogP contribution in [-0.2, 0) is 4.79 Å². The highest BCUT2D eigenvalue weighted by molar-refractivity contribution is 7.09. The van der Waals surface area contributed by atoms with E-state index in [1.807, 2.05) is 5.38 Å². The molecule has 0 aliphatic heterocycles. The van der Waals surface area contributed by atoms with Crippen molar-refractivity contribution in [2.24, 2.45) is 5.92 Å². The molecule has 1 heterocycles. The first-order valence-corrected chi connectivity index (χ1v) is 8.23. The number of rotatable bonds is 6. The summed E-state index contributed by atoms with van der Waals surface area (Å²) in [6, 6.07) is 6.37. The van der Waals surface area contributed by atoms with Gasteiger partial charge in [-0.05, 0) is 42.5 Å². The van der Waals surface area contributed by atoms with Crippen LogP contribution in [0.4, 0.5) is 0 Å². The average Bonchev–Trinajstić information content (AvgIpc) is 3.25. The van der Waals surface area contributed by atoms with Gasteiger partial charge in [-0.2, -0.15) is 0 Å². The van der Waals surface area contributed by atoms with E-state index in [1.54, 1.807) is 35.7 Å². The molecule has 1 aromatic carbocycles. The zero-order chi connectivity index (χ0) is 16.2. The summed E-state index contributed by atoms with van der Waals surface area (Å²) in [6.45, 7) is 0. The van der Waals surface area contributed by atoms with Gasteiger partial charge in [0.05, 0.1) is 11.6 Å². The highest BCUT2D eigenvalue weighted by Gasteiger charge is 2.34. The lowest BCUT2D eigenvalue weighted by Crippen LogP contribution is -2.28. The summed E-state index contributed by atoms with van der Waals surface area (Å²) >= 11 is 1.55. The van der Waals surface area contributed by atoms with Crippen molar-refractivity contribution in [2.45, 2.75) is 18.9 Å². The molecule has 23 heavy (non-hydrogen) atoms. The summed E-state index contributed by atoms with van der Waals surface area (Å²) in [7, 11) is 0. The van der Waals surface area contributed by atoms with E-state index in [2.05, 4.69) is 10.3 Å². The molecule has 0 radical (unpaired) electrons. The van der Waals surface area contributed by atoms with Crippen LogP contribution in [-0.4, -0.2) is 22.0 Å². The van der Waals surface area contributed by atoms with E-state index >= 15 is 0 Å². The second kappa shape index (κ2) is 6.75. The molecule has 0 spiro atoms. The highest BCUT2D eigenvalue weighted by atomic mass is 32.1. The second-order valence-corrected chi connectivity index (χ2v) is 6.38. The maximum Gasteiger partial charge on any atom is 0.335 e. The van der Waals surface area contributed by atoms with Crippen LogP contribution in [0.5, 0.6) is 0 Å². The van der Waals surface area contributed by atoms with Gasteiger partial charge in [0.2, 0.25) is 5.91 Å². The number of nitrogens with one attached hydrogen (secondary N) is 1. The zero-order valence-corrected chi connectivity index (χ0v) is 13.1. The van der Waals surface area contributed by atoms with Crippen LogP contribution in [0.1, 0.15) is 39.8 Å². The average molecular weight is 328 g/mol. The lowest BCUT2D eigenvalue weighted by molar-refractivity contribution is -0.117. The molecule has 1 atom stereocenters. The SMILES string of the molecule is O=C(C=Cc1ccc(C(=O)O)cc1)NC(c1nccs1)C1CC1. The Bertz CT molecular complexity index is 719. The number of carbonyl (C=O) groups is 2. The van der Waals surface area contributed by atoms with Gasteiger partial charge in [-0.15, -0.1) is 11.3 Å². The number of carboxylic acids is 1. The number of aromatic nitrogens is 1. The molecule has 1 fully saturated rings. The van der Waals surface area contributed by atoms with Gasteiger partial charge in [-0.3, -0.25) is 4.79 Å². The zero-order valence-electron chi connectivity index (χ0n) is 12.3. The van der Waals surface area contributed by atoms with Crippen LogP contribution in [0.2, 0.25) is 0 Å². The van der Waals surface area contributed by atoms with Crippen LogP contribution in [0.15, 0.2) is 41.9 Å². The number of thiazole rings is 1. The molecule has 3 rings (SSSR count). The summed E-state index contributed by atoms with van der Waals surface area (Å²) in [6.07, 6.45) is 7.13. The van der Waals surface area contributed by atoms with Gasteiger partial charge in [-0.25, -0.2) is 9.78 Å². The lowest BCUT2D eigenvalue weighted by atomic mass is 10.1. The van der Waals surface area contributed by atoms with Crippen molar-refractivity contribution in [3.05, 3.63) is 58.1 Å². The van der Waals surface area contributed by atoms with E-state index in [4.69, 9.17) is 5.11 Å². The molecule has 6 heteroatoms. The number of aromatic carboxylic acids is 1. The predicted molar refractivity (Wildman–Crippen MR) is 88.2 cm³/mol. The monoisotopic (exact) mass is 328 g/mol. The molecule has 118 valence electrons. The summed E-state index contributed by atoms with van der Waals surface area (Å²) in [5.41, 5.74) is 1.01. The van der Waals surface area contributed by atoms with E-state index in [0.717, 1.165) is 23.4 Å². The van der Waals surface area contributed by atoms with Gasteiger partial charge in [0.15, 0.2) is 0 Å². The fourth-order valence-corrected chi connectivity index (χ4v) is 3.09. The maximum absolute atomic E-state index is 12.1. The van der Waals surface area contributed by atoms with Gasteiger partial charge >= 0.3 is 5.97 Å². The van der Waals surface area contributed by atoms with Crippen molar-refractivity contribution in [3.8, 4) is 0 Å². The molecule has 0 bridgehead atoms. The molecular formula is C17H16N2O3S. The molecule has 2 aromatic rings. The lowest BCUT2D eigenvalue weighted by Gasteiger charge is -2.14. The van der Waals surface area contributed by atoms with Gasteiger partial charge in [0, 0.05) is 17.7 Å². The quantitative estimate of drug-likeness (QED) is 0.799. The van der Waals surface area contributed by atoms with Crippen molar-refractivity contribution in [2.75, 3.05) is 0 Å². The topological polar surface area (TPSA) is 79.3 Å². The number of hydrogen-bond donors (Lipinski definition) is 2. The fourth-order valence-electron chi connectivity index (χ4n) is 2.31. The van der Waals surface area contributed by atoms with Crippen LogP contribution in [0.25, 0.3) is 6.08 Å². The number of nitrogens with zero attached hydrogens (tertiary/aromatic N) is 1. The third kappa shape index (κ3) is 4.04. The molecule has 1 unspecified atom stereocenters. The van der Waals surface area contributed by atoms with E-state index in [-0.39, 0.29) is 17.5 Å². The Hall–Kier alpha value is -2.47. The first kappa shape index (κ1) is 15.4. The van der Waals surface area contributed by atoms with E-state index in [0.29, 0.717) is 5.92 Å². The first-order valence-electron chi connectivity index (χ1n) is 7.35. The Kier molecular flexibility index (Phi) is 4.52. The number of carbonyl (C=O) groups excluding carboxylic acids is 1. The van der Waals surface area contributed by atoms with Crippen LogP contribution >= 0.6 is 11.3 Å². The standard InChI is InChI=1S/C17H16N2O3S/c20-14(8-3-11-1-4-13(5-2-11)17(21)22)19-15(12-6-7-12)16-18-9-10-23-16/h1-5,8-10,12,15H,6-7H2,(H,19,20)(H,21,22). The van der Waals surface area contributed by atoms with Gasteiger partial charge in [0.25, 0.3) is 0 Å². The van der Waals surface area contributed by atoms with Crippen molar-refractivity contribution in [1.82, 2.24) is 10.3 Å². The molecule has 1 aliphatic carbocycles. The van der Waals surface area contributed by atoms with E-state index in [1.165, 1.54) is 18.2 Å². The summed E-state index contributed by atoms with van der Waals surface area (Å²) in [5, 5.41) is 14.7. The minimum Gasteiger partial charge on any atom is -0.478 e. The van der Waals surface area contributed by atoms with Gasteiger partial charge in [0.1, 0.15) is 5.01 Å². The van der Waals surface area contributed by atoms with E-state index < -0.39 is 5.97 Å². The fraction of sp³-hybridized carbons (Fsp3) is 0.235. The van der Waals surface area contributed by atoms with Crippen LogP contribution in [0.3, 0.4) is 0 Å². The summed E-state index contributed by atoms with van der Waals surface area (Å²) in [5.74, 6) is -0.651. The Labute approximate surface area is 137 Å². The predicted octanol–water partition coefficient (Wildman–Crippen LogP) is 3.12. The molecule has 2 N–H and O–H groups in total. The van der Waals surface area contributed by atoms with Crippen molar-refractivity contribution in [1.29, 1.82) is 0 Å². The molecular weight excluding hydrogens is 312 g/mol. The second-order valence-electron chi connectivity index (χ2n) is 5.45. The number of benzene rings is 1. The Morgan fingerprint density at radius 2 is 2.04 bits per heavy atom. The van der Waals surface area contributed by atoms with Crippen molar-refractivity contribution < 1.29 is 14.7 Å². The number of carboxylic acid groups (broad SMARTS) is 1. The first-order chi connectivity index (χ1) is 11.1. The van der Waals surface area contributed by atoms with Crippen molar-refractivity contribution in [3.63, 3.8) is 0 Å². The Balaban J connectivity index is 1.62. The highest BCUT2D eigenvalue weighted by Crippen LogP contribution is 2.41. The molecule has 1 aliphatic rings. The molecule has 1 aromatic heterocycles. The number of hydrogen-bond acceptors (Lipinski definition) is 4. The smallest absolute Gasteiger partial charge is 0.335 e. The molecule has 5 nitrogen and oxygen atoms in total. The van der Waals surface area contributed by atoms with Crippen LogP contribution < -0.4 is 5.32 Å². The number of amides is 1. The Morgan fingerprint density at radius 3 is 2.61 bits per heavy atom. The molecule has 1 saturated carbocycles. The van der Waals surface area contributed by atoms with Gasteiger partial charge in [-0.1, -0.05) is 12.1 Å². The van der Waals surface area contributed by atoms with Crippen LogP contribution in [0, 0.1) is 5.92 Å². The minimum absolute atomic E-state index is 0.0125. The third-order valence-electron chi connectivity index (χ3n) is 3.69. The largest absolute Gasteiger partial charge is 0.478 e. The Morgan fingerprint density at radius 1 is 1.30 bits per heavy atom. The summed E-state index contributed by atoms with van der Waals surface area (Å²) < 4.78 is 0.